The first-order chi connectivity index (χ1) is 11.9. The van der Waals surface area contributed by atoms with Gasteiger partial charge >= 0.3 is 0 Å². The number of fused-ring (bicyclic) bond motifs is 1. The van der Waals surface area contributed by atoms with Crippen LogP contribution in [0.5, 0.6) is 0 Å². The Morgan fingerprint density at radius 1 is 1.08 bits per heavy atom. The molecule has 0 aliphatic rings. The summed E-state index contributed by atoms with van der Waals surface area (Å²) in [6, 6.07) is 11.1. The molecule has 3 rings (SSSR count). The van der Waals surface area contributed by atoms with Crippen molar-refractivity contribution in [3.63, 3.8) is 0 Å². The van der Waals surface area contributed by atoms with Crippen LogP contribution in [0.3, 0.4) is 0 Å². The number of rotatable bonds is 3. The molecule has 1 heterocycles. The second-order valence-corrected chi connectivity index (χ2v) is 6.73. The number of hydrogen-bond acceptors (Lipinski definition) is 3. The predicted octanol–water partition coefficient (Wildman–Crippen LogP) is 5.30. The summed E-state index contributed by atoms with van der Waals surface area (Å²) < 4.78 is 0. The first kappa shape index (κ1) is 17.5. The topological polar surface area (TPSA) is 45.2 Å². The summed E-state index contributed by atoms with van der Waals surface area (Å²) in [7, 11) is 3.40. The Balaban J connectivity index is 2.18. The fraction of sp³-hybridized carbons (Fsp3) is 0.158. The van der Waals surface area contributed by atoms with Crippen LogP contribution in [0, 0.1) is 6.92 Å². The van der Waals surface area contributed by atoms with Crippen LogP contribution in [-0.4, -0.2) is 29.9 Å². The van der Waals surface area contributed by atoms with Crippen LogP contribution < -0.4 is 5.32 Å². The maximum atomic E-state index is 12.5. The third-order valence-electron chi connectivity index (χ3n) is 4.02. The van der Waals surface area contributed by atoms with E-state index in [4.69, 9.17) is 23.2 Å². The van der Waals surface area contributed by atoms with Gasteiger partial charge in [0.15, 0.2) is 0 Å². The highest BCUT2D eigenvalue weighted by Gasteiger charge is 2.18. The predicted molar refractivity (Wildman–Crippen MR) is 104 cm³/mol. The molecule has 25 heavy (non-hydrogen) atoms. The standard InChI is InChI=1S/C19H17Cl2N3O/c1-11-14(20)7-5-9-16(11)23-18-12-6-4-8-15(21)17(12)13(10-22-18)19(25)24(2)3/h4-10H,1-3H3,(H,22,23). The molecule has 0 bridgehead atoms. The van der Waals surface area contributed by atoms with Crippen LogP contribution in [0.4, 0.5) is 11.5 Å². The van der Waals surface area contributed by atoms with Crippen molar-refractivity contribution >= 4 is 51.4 Å². The molecule has 1 aromatic heterocycles. The second-order valence-electron chi connectivity index (χ2n) is 5.92. The van der Waals surface area contributed by atoms with Gasteiger partial charge < -0.3 is 10.2 Å². The quantitative estimate of drug-likeness (QED) is 0.677. The summed E-state index contributed by atoms with van der Waals surface area (Å²) in [5.74, 6) is 0.481. The van der Waals surface area contributed by atoms with Gasteiger partial charge in [0.25, 0.3) is 5.91 Å². The van der Waals surface area contributed by atoms with Gasteiger partial charge in [0.1, 0.15) is 5.82 Å². The lowest BCUT2D eigenvalue weighted by Gasteiger charge is -2.16. The van der Waals surface area contributed by atoms with Crippen molar-refractivity contribution in [3.8, 4) is 0 Å². The molecule has 0 radical (unpaired) electrons. The van der Waals surface area contributed by atoms with E-state index in [-0.39, 0.29) is 5.91 Å². The lowest BCUT2D eigenvalue weighted by atomic mass is 10.1. The largest absolute Gasteiger partial charge is 0.345 e. The van der Waals surface area contributed by atoms with E-state index in [1.165, 1.54) is 4.90 Å². The van der Waals surface area contributed by atoms with Crippen LogP contribution in [0.15, 0.2) is 42.6 Å². The van der Waals surface area contributed by atoms with Crippen molar-refractivity contribution in [2.24, 2.45) is 0 Å². The number of carbonyl (C=O) groups excluding carboxylic acids is 1. The van der Waals surface area contributed by atoms with Gasteiger partial charge in [0.05, 0.1) is 5.56 Å². The highest BCUT2D eigenvalue weighted by Crippen LogP contribution is 2.34. The molecule has 2 aromatic carbocycles. The number of benzene rings is 2. The third-order valence-corrected chi connectivity index (χ3v) is 4.74. The summed E-state index contributed by atoms with van der Waals surface area (Å²) in [5.41, 5.74) is 2.25. The van der Waals surface area contributed by atoms with Gasteiger partial charge in [-0.25, -0.2) is 4.98 Å². The number of halogens is 2. The zero-order chi connectivity index (χ0) is 18.1. The zero-order valence-corrected chi connectivity index (χ0v) is 15.6. The first-order valence-electron chi connectivity index (χ1n) is 7.71. The summed E-state index contributed by atoms with van der Waals surface area (Å²) >= 11 is 12.6. The van der Waals surface area contributed by atoms with Crippen LogP contribution in [0.25, 0.3) is 10.8 Å². The van der Waals surface area contributed by atoms with Crippen LogP contribution in [0.1, 0.15) is 15.9 Å². The van der Waals surface area contributed by atoms with E-state index in [9.17, 15) is 4.79 Å². The van der Waals surface area contributed by atoms with E-state index in [2.05, 4.69) is 10.3 Å². The van der Waals surface area contributed by atoms with Crippen molar-refractivity contribution < 1.29 is 4.79 Å². The molecule has 4 nitrogen and oxygen atoms in total. The molecule has 1 N–H and O–H groups in total. The molecule has 0 aliphatic carbocycles. The van der Waals surface area contributed by atoms with Gasteiger partial charge in [-0.2, -0.15) is 0 Å². The minimum Gasteiger partial charge on any atom is -0.345 e. The fourth-order valence-electron chi connectivity index (χ4n) is 2.63. The summed E-state index contributed by atoms with van der Waals surface area (Å²) in [4.78, 5) is 18.4. The Hall–Kier alpha value is -2.30. The maximum absolute atomic E-state index is 12.5. The Labute approximate surface area is 156 Å². The van der Waals surface area contributed by atoms with Crippen LogP contribution in [-0.2, 0) is 0 Å². The van der Waals surface area contributed by atoms with Crippen LogP contribution in [0.2, 0.25) is 10.0 Å². The summed E-state index contributed by atoms with van der Waals surface area (Å²) in [6.45, 7) is 1.93. The molecular formula is C19H17Cl2N3O. The first-order valence-corrected chi connectivity index (χ1v) is 8.46. The molecule has 0 fully saturated rings. The van der Waals surface area contributed by atoms with Gasteiger partial charge in [0, 0.05) is 46.8 Å². The second kappa shape index (κ2) is 6.90. The number of anilines is 2. The number of nitrogens with one attached hydrogen (secondary N) is 1. The van der Waals surface area contributed by atoms with E-state index in [1.807, 2.05) is 37.3 Å². The highest BCUT2D eigenvalue weighted by atomic mass is 35.5. The molecule has 0 aliphatic heterocycles. The average Bonchev–Trinajstić information content (AvgIpc) is 2.59. The molecular weight excluding hydrogens is 357 g/mol. The fourth-order valence-corrected chi connectivity index (χ4v) is 3.08. The van der Waals surface area contributed by atoms with E-state index in [0.29, 0.717) is 26.8 Å². The minimum absolute atomic E-state index is 0.143. The van der Waals surface area contributed by atoms with Crippen LogP contribution >= 0.6 is 23.2 Å². The molecule has 0 atom stereocenters. The summed E-state index contributed by atoms with van der Waals surface area (Å²) in [5, 5.41) is 5.94. The normalized spacial score (nSPS) is 10.8. The number of pyridine rings is 1. The minimum atomic E-state index is -0.143. The molecule has 1 amide bonds. The monoisotopic (exact) mass is 373 g/mol. The number of carbonyl (C=O) groups is 1. The van der Waals surface area contributed by atoms with E-state index >= 15 is 0 Å². The van der Waals surface area contributed by atoms with E-state index in [0.717, 1.165) is 16.6 Å². The molecule has 0 saturated carbocycles. The Bertz CT molecular complexity index is 970. The van der Waals surface area contributed by atoms with Gasteiger partial charge in [-0.05, 0) is 30.7 Å². The van der Waals surface area contributed by atoms with Gasteiger partial charge in [-0.1, -0.05) is 41.4 Å². The molecule has 128 valence electrons. The number of nitrogens with zero attached hydrogens (tertiary/aromatic N) is 2. The molecule has 3 aromatic rings. The Morgan fingerprint density at radius 2 is 1.76 bits per heavy atom. The average molecular weight is 374 g/mol. The number of aromatic nitrogens is 1. The van der Waals surface area contributed by atoms with Crippen molar-refractivity contribution in [1.29, 1.82) is 0 Å². The number of hydrogen-bond donors (Lipinski definition) is 1. The van der Waals surface area contributed by atoms with Gasteiger partial charge in [-0.3, -0.25) is 4.79 Å². The number of amides is 1. The third kappa shape index (κ3) is 3.28. The zero-order valence-electron chi connectivity index (χ0n) is 14.1. The molecule has 6 heteroatoms. The van der Waals surface area contributed by atoms with Crippen molar-refractivity contribution in [3.05, 3.63) is 63.8 Å². The smallest absolute Gasteiger partial charge is 0.255 e. The summed E-state index contributed by atoms with van der Waals surface area (Å²) in [6.07, 6.45) is 1.55. The molecule has 0 saturated heterocycles. The van der Waals surface area contributed by atoms with Gasteiger partial charge in [0.2, 0.25) is 0 Å². The Kier molecular flexibility index (Phi) is 4.84. The van der Waals surface area contributed by atoms with Crippen molar-refractivity contribution in [2.75, 3.05) is 19.4 Å². The maximum Gasteiger partial charge on any atom is 0.255 e. The Morgan fingerprint density at radius 3 is 2.48 bits per heavy atom. The van der Waals surface area contributed by atoms with Crippen molar-refractivity contribution in [2.45, 2.75) is 6.92 Å². The van der Waals surface area contributed by atoms with E-state index < -0.39 is 0 Å². The van der Waals surface area contributed by atoms with Gasteiger partial charge in [-0.15, -0.1) is 0 Å². The SMILES string of the molecule is Cc1c(Cl)cccc1Nc1ncc(C(=O)N(C)C)c2c(Cl)cccc12. The lowest BCUT2D eigenvalue weighted by molar-refractivity contribution is 0.0829. The molecule has 0 spiro atoms. The molecule has 0 unspecified atom stereocenters. The van der Waals surface area contributed by atoms with Crippen molar-refractivity contribution in [1.82, 2.24) is 9.88 Å². The lowest BCUT2D eigenvalue weighted by Crippen LogP contribution is -2.22. The van der Waals surface area contributed by atoms with E-state index in [1.54, 1.807) is 26.4 Å². The highest BCUT2D eigenvalue weighted by molar-refractivity contribution is 6.37.